The molecule has 2 aromatic rings. The number of fused-ring (bicyclic) bond motifs is 3. The van der Waals surface area contributed by atoms with Crippen LogP contribution in [0.25, 0.3) is 11.3 Å². The van der Waals surface area contributed by atoms with Crippen LogP contribution in [-0.4, -0.2) is 10.2 Å². The van der Waals surface area contributed by atoms with Gasteiger partial charge in [-0.25, -0.2) is 0 Å². The van der Waals surface area contributed by atoms with E-state index in [2.05, 4.69) is 22.3 Å². The number of nitrogens with one attached hydrogen (secondary N) is 1. The second-order valence-corrected chi connectivity index (χ2v) is 3.30. The fourth-order valence-electron chi connectivity index (χ4n) is 1.89. The molecule has 3 rings (SSSR count). The quantitative estimate of drug-likeness (QED) is 0.539. The molecule has 0 aliphatic heterocycles. The van der Waals surface area contributed by atoms with E-state index in [0.29, 0.717) is 5.82 Å². The van der Waals surface area contributed by atoms with Crippen molar-refractivity contribution < 1.29 is 0 Å². The Balaban J connectivity index is 2.32. The van der Waals surface area contributed by atoms with Crippen LogP contribution in [0, 0.1) is 0 Å². The lowest BCUT2D eigenvalue weighted by Crippen LogP contribution is -1.90. The van der Waals surface area contributed by atoms with E-state index in [9.17, 15) is 0 Å². The van der Waals surface area contributed by atoms with Gasteiger partial charge in [0.25, 0.3) is 0 Å². The largest absolute Gasteiger partial charge is 0.382 e. The van der Waals surface area contributed by atoms with Crippen molar-refractivity contribution in [3.05, 3.63) is 35.4 Å². The van der Waals surface area contributed by atoms with Gasteiger partial charge in [-0.1, -0.05) is 24.3 Å². The number of benzene rings is 1. The average Bonchev–Trinajstić information content (AvgIpc) is 2.67. The zero-order chi connectivity index (χ0) is 8.84. The Morgan fingerprint density at radius 3 is 3.08 bits per heavy atom. The Labute approximate surface area is 75.6 Å². The average molecular weight is 171 g/mol. The SMILES string of the molecule is Nc1n[nH]c2c1Cc1ccccc1-2. The molecular formula is C10H9N3. The summed E-state index contributed by atoms with van der Waals surface area (Å²) in [6.45, 7) is 0. The highest BCUT2D eigenvalue weighted by atomic mass is 15.2. The molecule has 0 radical (unpaired) electrons. The van der Waals surface area contributed by atoms with E-state index in [4.69, 9.17) is 5.73 Å². The van der Waals surface area contributed by atoms with Gasteiger partial charge in [-0.3, -0.25) is 5.10 Å². The summed E-state index contributed by atoms with van der Waals surface area (Å²) in [5.41, 5.74) is 10.5. The molecule has 0 saturated heterocycles. The number of hydrogen-bond donors (Lipinski definition) is 2. The molecule has 0 fully saturated rings. The molecule has 1 aromatic carbocycles. The van der Waals surface area contributed by atoms with E-state index in [-0.39, 0.29) is 0 Å². The first-order valence-corrected chi connectivity index (χ1v) is 4.27. The van der Waals surface area contributed by atoms with Crippen molar-refractivity contribution in [2.45, 2.75) is 6.42 Å². The van der Waals surface area contributed by atoms with Crippen molar-refractivity contribution in [1.82, 2.24) is 10.2 Å². The van der Waals surface area contributed by atoms with Gasteiger partial charge in [0.05, 0.1) is 5.69 Å². The van der Waals surface area contributed by atoms with Gasteiger partial charge in [-0.15, -0.1) is 0 Å². The highest BCUT2D eigenvalue weighted by Gasteiger charge is 2.22. The van der Waals surface area contributed by atoms with Crippen molar-refractivity contribution in [3.8, 4) is 11.3 Å². The summed E-state index contributed by atoms with van der Waals surface area (Å²) >= 11 is 0. The Kier molecular flexibility index (Phi) is 1.10. The molecule has 0 saturated carbocycles. The molecule has 0 spiro atoms. The number of anilines is 1. The molecule has 3 N–H and O–H groups in total. The lowest BCUT2D eigenvalue weighted by molar-refractivity contribution is 1.10. The van der Waals surface area contributed by atoms with Crippen molar-refractivity contribution in [1.29, 1.82) is 0 Å². The van der Waals surface area contributed by atoms with Crippen LogP contribution in [0.2, 0.25) is 0 Å². The first-order valence-electron chi connectivity index (χ1n) is 4.27. The zero-order valence-corrected chi connectivity index (χ0v) is 7.04. The van der Waals surface area contributed by atoms with Crippen LogP contribution in [0.5, 0.6) is 0 Å². The molecule has 1 aliphatic rings. The lowest BCUT2D eigenvalue weighted by atomic mass is 10.1. The van der Waals surface area contributed by atoms with E-state index in [1.54, 1.807) is 0 Å². The summed E-state index contributed by atoms with van der Waals surface area (Å²) in [6, 6.07) is 8.31. The van der Waals surface area contributed by atoms with Crippen molar-refractivity contribution in [2.24, 2.45) is 0 Å². The molecule has 64 valence electrons. The number of rotatable bonds is 0. The molecule has 3 nitrogen and oxygen atoms in total. The number of aromatic nitrogens is 2. The van der Waals surface area contributed by atoms with Gasteiger partial charge in [0.1, 0.15) is 5.82 Å². The van der Waals surface area contributed by atoms with Crippen LogP contribution in [0.4, 0.5) is 5.82 Å². The van der Waals surface area contributed by atoms with Crippen LogP contribution in [-0.2, 0) is 6.42 Å². The number of hydrogen-bond acceptors (Lipinski definition) is 2. The third-order valence-electron chi connectivity index (χ3n) is 2.55. The smallest absolute Gasteiger partial charge is 0.149 e. The van der Waals surface area contributed by atoms with Crippen LogP contribution < -0.4 is 5.73 Å². The van der Waals surface area contributed by atoms with E-state index < -0.39 is 0 Å². The van der Waals surface area contributed by atoms with Crippen LogP contribution in [0.15, 0.2) is 24.3 Å². The maximum atomic E-state index is 5.73. The molecule has 0 unspecified atom stereocenters. The summed E-state index contributed by atoms with van der Waals surface area (Å²) in [4.78, 5) is 0. The van der Waals surface area contributed by atoms with Crippen LogP contribution in [0.1, 0.15) is 11.1 Å². The number of nitrogens with two attached hydrogens (primary N) is 1. The molecule has 1 aliphatic carbocycles. The number of aromatic amines is 1. The molecule has 0 amide bonds. The van der Waals surface area contributed by atoms with Gasteiger partial charge < -0.3 is 5.73 Å². The van der Waals surface area contributed by atoms with Crippen molar-refractivity contribution in [3.63, 3.8) is 0 Å². The van der Waals surface area contributed by atoms with Gasteiger partial charge in [0.2, 0.25) is 0 Å². The molecule has 0 atom stereocenters. The third-order valence-corrected chi connectivity index (χ3v) is 2.55. The maximum absolute atomic E-state index is 5.73. The Bertz CT molecular complexity index is 471. The van der Waals surface area contributed by atoms with Crippen molar-refractivity contribution in [2.75, 3.05) is 5.73 Å². The standard InChI is InChI=1S/C10H9N3/c11-10-8-5-6-3-1-2-4-7(6)9(8)12-13-10/h1-4H,5H2,(H3,11,12,13). The second kappa shape index (κ2) is 2.13. The first-order chi connectivity index (χ1) is 6.36. The van der Waals surface area contributed by atoms with E-state index in [1.807, 2.05) is 12.1 Å². The topological polar surface area (TPSA) is 54.7 Å². The minimum Gasteiger partial charge on any atom is -0.382 e. The number of nitrogens with zero attached hydrogens (tertiary/aromatic N) is 1. The Hall–Kier alpha value is -1.77. The van der Waals surface area contributed by atoms with Crippen molar-refractivity contribution >= 4 is 5.82 Å². The van der Waals surface area contributed by atoms with Gasteiger partial charge in [-0.05, 0) is 5.56 Å². The summed E-state index contributed by atoms with van der Waals surface area (Å²) in [5, 5.41) is 6.96. The lowest BCUT2D eigenvalue weighted by Gasteiger charge is -1.95. The fourth-order valence-corrected chi connectivity index (χ4v) is 1.89. The fraction of sp³-hybridized carbons (Fsp3) is 0.100. The minimum absolute atomic E-state index is 0.631. The second-order valence-electron chi connectivity index (χ2n) is 3.30. The van der Waals surface area contributed by atoms with Crippen LogP contribution in [0.3, 0.4) is 0 Å². The van der Waals surface area contributed by atoms with E-state index in [1.165, 1.54) is 11.1 Å². The highest BCUT2D eigenvalue weighted by molar-refractivity contribution is 5.77. The van der Waals surface area contributed by atoms with E-state index >= 15 is 0 Å². The van der Waals surface area contributed by atoms with E-state index in [0.717, 1.165) is 17.7 Å². The predicted molar refractivity (Wildman–Crippen MR) is 51.2 cm³/mol. The molecule has 0 bridgehead atoms. The van der Waals surface area contributed by atoms with Gasteiger partial charge >= 0.3 is 0 Å². The molecule has 1 heterocycles. The first kappa shape index (κ1) is 6.71. The Morgan fingerprint density at radius 1 is 1.31 bits per heavy atom. The summed E-state index contributed by atoms with van der Waals surface area (Å²) in [7, 11) is 0. The minimum atomic E-state index is 0.631. The summed E-state index contributed by atoms with van der Waals surface area (Å²) in [5.74, 6) is 0.631. The van der Waals surface area contributed by atoms with Gasteiger partial charge in [-0.2, -0.15) is 5.10 Å². The molecule has 3 heteroatoms. The summed E-state index contributed by atoms with van der Waals surface area (Å²) < 4.78 is 0. The summed E-state index contributed by atoms with van der Waals surface area (Å²) in [6.07, 6.45) is 0.911. The predicted octanol–water partition coefficient (Wildman–Crippen LogP) is 1.56. The van der Waals surface area contributed by atoms with Gasteiger partial charge in [0, 0.05) is 17.5 Å². The molecular weight excluding hydrogens is 162 g/mol. The highest BCUT2D eigenvalue weighted by Crippen LogP contribution is 2.36. The van der Waals surface area contributed by atoms with Crippen LogP contribution >= 0.6 is 0 Å². The molecule has 13 heavy (non-hydrogen) atoms. The molecule has 1 aromatic heterocycles. The number of H-pyrrole nitrogens is 1. The Morgan fingerprint density at radius 2 is 2.15 bits per heavy atom. The monoisotopic (exact) mass is 171 g/mol. The maximum Gasteiger partial charge on any atom is 0.149 e. The zero-order valence-electron chi connectivity index (χ0n) is 7.04. The third kappa shape index (κ3) is 0.758. The van der Waals surface area contributed by atoms with Gasteiger partial charge in [0.15, 0.2) is 0 Å². The number of nitrogen functional groups attached to an aromatic ring is 1. The normalized spacial score (nSPS) is 12.6.